The van der Waals surface area contributed by atoms with Crippen molar-refractivity contribution in [2.75, 3.05) is 5.32 Å². The third-order valence-electron chi connectivity index (χ3n) is 4.22. The molecule has 3 aromatic carbocycles. The minimum absolute atomic E-state index is 0.715. The van der Waals surface area contributed by atoms with Gasteiger partial charge < -0.3 is 5.32 Å². The van der Waals surface area contributed by atoms with Crippen LogP contribution in [-0.4, -0.2) is 4.98 Å². The normalized spacial score (nSPS) is 10.8. The van der Waals surface area contributed by atoms with Crippen molar-refractivity contribution >= 4 is 28.2 Å². The zero-order valence-corrected chi connectivity index (χ0v) is 14.4. The SMILES string of the molecule is Clc1ccc2ncc(NCc3ccccc3)c(-c3ccccc3)c2c1. The number of hydrogen-bond acceptors (Lipinski definition) is 2. The van der Waals surface area contributed by atoms with Crippen molar-refractivity contribution in [1.82, 2.24) is 4.98 Å². The summed E-state index contributed by atoms with van der Waals surface area (Å²) in [4.78, 5) is 4.60. The van der Waals surface area contributed by atoms with Gasteiger partial charge in [0.2, 0.25) is 0 Å². The molecule has 4 rings (SSSR count). The third-order valence-corrected chi connectivity index (χ3v) is 4.45. The lowest BCUT2D eigenvalue weighted by molar-refractivity contribution is 1.14. The second kappa shape index (κ2) is 6.96. The van der Waals surface area contributed by atoms with Crippen LogP contribution in [0.5, 0.6) is 0 Å². The predicted octanol–water partition coefficient (Wildman–Crippen LogP) is 6.17. The highest BCUT2D eigenvalue weighted by Crippen LogP contribution is 2.35. The summed E-state index contributed by atoms with van der Waals surface area (Å²) in [6.07, 6.45) is 1.90. The van der Waals surface area contributed by atoms with Crippen LogP contribution in [-0.2, 0) is 6.54 Å². The van der Waals surface area contributed by atoms with Crippen LogP contribution in [0.3, 0.4) is 0 Å². The second-order valence-corrected chi connectivity index (χ2v) is 6.35. The van der Waals surface area contributed by atoms with Crippen LogP contribution in [0.2, 0.25) is 5.02 Å². The Labute approximate surface area is 152 Å². The van der Waals surface area contributed by atoms with Crippen molar-refractivity contribution in [3.8, 4) is 11.1 Å². The average Bonchev–Trinajstić information content (AvgIpc) is 2.67. The van der Waals surface area contributed by atoms with Gasteiger partial charge in [-0.15, -0.1) is 0 Å². The van der Waals surface area contributed by atoms with E-state index in [-0.39, 0.29) is 0 Å². The molecule has 122 valence electrons. The molecule has 0 fully saturated rings. The maximum atomic E-state index is 6.26. The van der Waals surface area contributed by atoms with Gasteiger partial charge in [0.25, 0.3) is 0 Å². The fraction of sp³-hybridized carbons (Fsp3) is 0.0455. The molecular weight excluding hydrogens is 328 g/mol. The van der Waals surface area contributed by atoms with Gasteiger partial charge in [-0.1, -0.05) is 72.3 Å². The molecule has 4 aromatic rings. The lowest BCUT2D eigenvalue weighted by atomic mass is 9.99. The number of anilines is 1. The zero-order valence-electron chi connectivity index (χ0n) is 13.6. The molecule has 1 aromatic heterocycles. The van der Waals surface area contributed by atoms with E-state index in [1.54, 1.807) is 0 Å². The van der Waals surface area contributed by atoms with Crippen molar-refractivity contribution in [1.29, 1.82) is 0 Å². The number of halogens is 1. The van der Waals surface area contributed by atoms with Crippen LogP contribution in [0.25, 0.3) is 22.0 Å². The first-order valence-corrected chi connectivity index (χ1v) is 8.60. The Kier molecular flexibility index (Phi) is 4.36. The van der Waals surface area contributed by atoms with Gasteiger partial charge in [0.1, 0.15) is 0 Å². The number of aromatic nitrogens is 1. The van der Waals surface area contributed by atoms with E-state index in [1.807, 2.05) is 60.8 Å². The fourth-order valence-corrected chi connectivity index (χ4v) is 3.18. The monoisotopic (exact) mass is 344 g/mol. The summed E-state index contributed by atoms with van der Waals surface area (Å²) in [5.41, 5.74) is 5.45. The molecule has 1 heterocycles. The Morgan fingerprint density at radius 2 is 1.56 bits per heavy atom. The quantitative estimate of drug-likeness (QED) is 0.479. The van der Waals surface area contributed by atoms with Crippen LogP contribution in [0, 0.1) is 0 Å². The Bertz CT molecular complexity index is 998. The molecule has 0 radical (unpaired) electrons. The van der Waals surface area contributed by atoms with Crippen molar-refractivity contribution in [2.24, 2.45) is 0 Å². The summed E-state index contributed by atoms with van der Waals surface area (Å²) in [6.45, 7) is 0.744. The molecule has 0 saturated heterocycles. The number of nitrogens with zero attached hydrogens (tertiary/aromatic N) is 1. The first kappa shape index (κ1) is 15.7. The Morgan fingerprint density at radius 3 is 2.32 bits per heavy atom. The van der Waals surface area contributed by atoms with E-state index < -0.39 is 0 Å². The highest BCUT2D eigenvalue weighted by atomic mass is 35.5. The van der Waals surface area contributed by atoms with Crippen molar-refractivity contribution < 1.29 is 0 Å². The number of rotatable bonds is 4. The molecule has 0 bridgehead atoms. The summed E-state index contributed by atoms with van der Waals surface area (Å²) >= 11 is 6.26. The van der Waals surface area contributed by atoms with E-state index in [0.717, 1.165) is 34.3 Å². The summed E-state index contributed by atoms with van der Waals surface area (Å²) in [6, 6.07) is 26.5. The minimum Gasteiger partial charge on any atom is -0.379 e. The van der Waals surface area contributed by atoms with Crippen molar-refractivity contribution in [3.63, 3.8) is 0 Å². The van der Waals surface area contributed by atoms with Gasteiger partial charge in [-0.05, 0) is 29.3 Å². The van der Waals surface area contributed by atoms with E-state index in [2.05, 4.69) is 34.6 Å². The van der Waals surface area contributed by atoms with Gasteiger partial charge in [-0.2, -0.15) is 0 Å². The smallest absolute Gasteiger partial charge is 0.0710 e. The van der Waals surface area contributed by atoms with Gasteiger partial charge in [-0.25, -0.2) is 0 Å². The Morgan fingerprint density at radius 1 is 0.840 bits per heavy atom. The highest BCUT2D eigenvalue weighted by molar-refractivity contribution is 6.31. The number of hydrogen-bond donors (Lipinski definition) is 1. The van der Waals surface area contributed by atoms with Gasteiger partial charge in [0, 0.05) is 22.5 Å². The molecular formula is C22H17ClN2. The van der Waals surface area contributed by atoms with E-state index in [4.69, 9.17) is 11.6 Å². The lowest BCUT2D eigenvalue weighted by Crippen LogP contribution is -2.02. The van der Waals surface area contributed by atoms with Crippen LogP contribution in [0.1, 0.15) is 5.56 Å². The van der Waals surface area contributed by atoms with Crippen LogP contribution >= 0.6 is 11.6 Å². The standard InChI is InChI=1S/C22H17ClN2/c23-18-11-12-20-19(13-18)22(17-9-5-2-6-10-17)21(15-25-20)24-14-16-7-3-1-4-8-16/h1-13,15,24H,14H2. The van der Waals surface area contributed by atoms with E-state index in [0.29, 0.717) is 5.02 Å². The molecule has 0 spiro atoms. The molecule has 3 heteroatoms. The molecule has 0 aliphatic rings. The van der Waals surface area contributed by atoms with Gasteiger partial charge >= 0.3 is 0 Å². The topological polar surface area (TPSA) is 24.9 Å². The molecule has 0 saturated carbocycles. The minimum atomic E-state index is 0.715. The van der Waals surface area contributed by atoms with Gasteiger partial charge in [-0.3, -0.25) is 4.98 Å². The number of benzene rings is 3. The molecule has 0 aliphatic carbocycles. The molecule has 2 nitrogen and oxygen atoms in total. The summed E-state index contributed by atoms with van der Waals surface area (Å²) in [7, 11) is 0. The summed E-state index contributed by atoms with van der Waals surface area (Å²) in [5, 5.41) is 5.30. The maximum Gasteiger partial charge on any atom is 0.0710 e. The molecule has 0 amide bonds. The van der Waals surface area contributed by atoms with E-state index >= 15 is 0 Å². The van der Waals surface area contributed by atoms with E-state index in [1.165, 1.54) is 5.56 Å². The number of nitrogens with one attached hydrogen (secondary N) is 1. The van der Waals surface area contributed by atoms with Gasteiger partial charge in [0.15, 0.2) is 0 Å². The third kappa shape index (κ3) is 3.35. The maximum absolute atomic E-state index is 6.26. The zero-order chi connectivity index (χ0) is 17.1. The largest absolute Gasteiger partial charge is 0.379 e. The molecule has 0 atom stereocenters. The van der Waals surface area contributed by atoms with Crippen LogP contribution < -0.4 is 5.32 Å². The first-order chi connectivity index (χ1) is 12.3. The predicted molar refractivity (Wildman–Crippen MR) is 106 cm³/mol. The summed E-state index contributed by atoms with van der Waals surface area (Å²) in [5.74, 6) is 0. The Balaban J connectivity index is 1.83. The number of fused-ring (bicyclic) bond motifs is 1. The average molecular weight is 345 g/mol. The van der Waals surface area contributed by atoms with Gasteiger partial charge in [0.05, 0.1) is 17.4 Å². The molecule has 0 aliphatic heterocycles. The molecule has 1 N–H and O–H groups in total. The fourth-order valence-electron chi connectivity index (χ4n) is 3.01. The van der Waals surface area contributed by atoms with E-state index in [9.17, 15) is 0 Å². The molecule has 25 heavy (non-hydrogen) atoms. The summed E-state index contributed by atoms with van der Waals surface area (Å²) < 4.78 is 0. The molecule has 0 unspecified atom stereocenters. The highest BCUT2D eigenvalue weighted by Gasteiger charge is 2.11. The van der Waals surface area contributed by atoms with Crippen LogP contribution in [0.15, 0.2) is 85.1 Å². The van der Waals surface area contributed by atoms with Crippen molar-refractivity contribution in [2.45, 2.75) is 6.54 Å². The second-order valence-electron chi connectivity index (χ2n) is 5.91. The van der Waals surface area contributed by atoms with Crippen LogP contribution in [0.4, 0.5) is 5.69 Å². The lowest BCUT2D eigenvalue weighted by Gasteiger charge is -2.15. The Hall–Kier alpha value is -2.84. The number of pyridine rings is 1. The van der Waals surface area contributed by atoms with Crippen molar-refractivity contribution in [3.05, 3.63) is 95.6 Å². The first-order valence-electron chi connectivity index (χ1n) is 8.23.